The molecule has 214 valence electrons. The van der Waals surface area contributed by atoms with Crippen LogP contribution in [0, 0.1) is 6.92 Å². The zero-order valence-electron chi connectivity index (χ0n) is 24.2. The average molecular weight is 551 g/mol. The van der Waals surface area contributed by atoms with Crippen molar-refractivity contribution in [1.82, 2.24) is 10.5 Å². The molecule has 0 fully saturated rings. The van der Waals surface area contributed by atoms with E-state index >= 15 is 0 Å². The van der Waals surface area contributed by atoms with E-state index in [-0.39, 0.29) is 18.7 Å². The van der Waals surface area contributed by atoms with Gasteiger partial charge in [-0.3, -0.25) is 19.3 Å². The van der Waals surface area contributed by atoms with Gasteiger partial charge >= 0.3 is 0 Å². The molecule has 1 aromatic heterocycles. The molecule has 3 aromatic rings. The quantitative estimate of drug-likeness (QED) is 0.346. The molecular weight excluding hydrogens is 512 g/mol. The maximum atomic E-state index is 14.0. The summed E-state index contributed by atoms with van der Waals surface area (Å²) in [6, 6.07) is 13.1. The molecule has 0 saturated heterocycles. The van der Waals surface area contributed by atoms with Crippen molar-refractivity contribution in [2.75, 3.05) is 24.4 Å². The van der Waals surface area contributed by atoms with Gasteiger partial charge in [0.15, 0.2) is 17.3 Å². The van der Waals surface area contributed by atoms with Crippen LogP contribution in [0.25, 0.3) is 0 Å². The molecule has 0 aliphatic heterocycles. The lowest BCUT2D eigenvalue weighted by Crippen LogP contribution is -2.49. The summed E-state index contributed by atoms with van der Waals surface area (Å²) in [4.78, 5) is 42.0. The number of methoxy groups -OCH3 is 2. The molecule has 0 radical (unpaired) electrons. The fraction of sp³-hybridized carbons (Fsp3) is 0.400. The molecule has 0 spiro atoms. The van der Waals surface area contributed by atoms with Crippen molar-refractivity contribution in [3.05, 3.63) is 65.4 Å². The Morgan fingerprint density at radius 2 is 1.73 bits per heavy atom. The zero-order chi connectivity index (χ0) is 29.4. The minimum absolute atomic E-state index is 0.128. The van der Waals surface area contributed by atoms with Gasteiger partial charge in [-0.05, 0) is 57.9 Å². The Kier molecular flexibility index (Phi) is 9.93. The van der Waals surface area contributed by atoms with Crippen molar-refractivity contribution < 1.29 is 28.4 Å². The number of anilines is 2. The van der Waals surface area contributed by atoms with Crippen LogP contribution in [0.2, 0.25) is 0 Å². The molecule has 3 amide bonds. The molecule has 3 rings (SSSR count). The number of para-hydroxylation sites is 1. The van der Waals surface area contributed by atoms with Gasteiger partial charge < -0.3 is 24.6 Å². The molecule has 0 aliphatic carbocycles. The Bertz CT molecular complexity index is 1330. The molecule has 0 aliphatic rings. The highest BCUT2D eigenvalue weighted by atomic mass is 16.5. The maximum Gasteiger partial charge on any atom is 0.248 e. The Hall–Kier alpha value is -4.34. The van der Waals surface area contributed by atoms with Crippen LogP contribution in [-0.2, 0) is 20.8 Å². The minimum atomic E-state index is -1.12. The normalized spacial score (nSPS) is 11.9. The van der Waals surface area contributed by atoms with Gasteiger partial charge in [-0.2, -0.15) is 0 Å². The lowest BCUT2D eigenvalue weighted by molar-refractivity contribution is -0.128. The molecule has 10 nitrogen and oxygen atoms in total. The topological polar surface area (TPSA) is 123 Å². The van der Waals surface area contributed by atoms with Crippen molar-refractivity contribution in [3.8, 4) is 11.5 Å². The molecule has 1 unspecified atom stereocenters. The van der Waals surface area contributed by atoms with Gasteiger partial charge in [-0.1, -0.05) is 36.3 Å². The third-order valence-corrected chi connectivity index (χ3v) is 6.09. The monoisotopic (exact) mass is 550 g/mol. The second-order valence-corrected chi connectivity index (χ2v) is 10.4. The summed E-state index contributed by atoms with van der Waals surface area (Å²) in [7, 11) is 2.99. The average Bonchev–Trinajstić information content (AvgIpc) is 3.32. The van der Waals surface area contributed by atoms with Gasteiger partial charge in [0.1, 0.15) is 11.8 Å². The number of rotatable bonds is 11. The first kappa shape index (κ1) is 30.2. The van der Waals surface area contributed by atoms with Gasteiger partial charge in [-0.15, -0.1) is 0 Å². The van der Waals surface area contributed by atoms with Crippen LogP contribution in [-0.4, -0.2) is 42.6 Å². The summed E-state index contributed by atoms with van der Waals surface area (Å²) < 4.78 is 16.2. The van der Waals surface area contributed by atoms with Crippen molar-refractivity contribution in [2.45, 2.75) is 65.5 Å². The van der Waals surface area contributed by atoms with Crippen molar-refractivity contribution in [1.29, 1.82) is 0 Å². The van der Waals surface area contributed by atoms with Crippen molar-refractivity contribution in [2.24, 2.45) is 0 Å². The van der Waals surface area contributed by atoms with E-state index in [1.54, 1.807) is 43.3 Å². The number of carbonyl (C=O) groups excluding carboxylic acids is 3. The highest BCUT2D eigenvalue weighted by Gasteiger charge is 2.37. The van der Waals surface area contributed by atoms with Crippen LogP contribution in [0.5, 0.6) is 11.5 Å². The second-order valence-electron chi connectivity index (χ2n) is 10.4. The Labute approximate surface area is 235 Å². The third-order valence-electron chi connectivity index (χ3n) is 6.09. The van der Waals surface area contributed by atoms with E-state index in [2.05, 4.69) is 15.8 Å². The third kappa shape index (κ3) is 7.62. The van der Waals surface area contributed by atoms with Gasteiger partial charge in [-0.25, -0.2) is 0 Å². The number of ether oxygens (including phenoxy) is 2. The largest absolute Gasteiger partial charge is 0.493 e. The summed E-state index contributed by atoms with van der Waals surface area (Å²) >= 11 is 0. The number of hydrogen-bond acceptors (Lipinski definition) is 7. The first-order valence-electron chi connectivity index (χ1n) is 13.1. The van der Waals surface area contributed by atoms with Crippen LogP contribution in [0.4, 0.5) is 11.5 Å². The number of aryl methyl sites for hydroxylation is 2. The zero-order valence-corrected chi connectivity index (χ0v) is 24.2. The first-order chi connectivity index (χ1) is 19.0. The second kappa shape index (κ2) is 13.1. The van der Waals surface area contributed by atoms with Crippen LogP contribution in [0.1, 0.15) is 63.5 Å². The van der Waals surface area contributed by atoms with Crippen LogP contribution < -0.4 is 25.0 Å². The van der Waals surface area contributed by atoms with Crippen molar-refractivity contribution in [3.63, 3.8) is 0 Å². The number of nitrogens with zero attached hydrogens (tertiary/aromatic N) is 2. The van der Waals surface area contributed by atoms with Gasteiger partial charge in [0.05, 0.1) is 14.2 Å². The Morgan fingerprint density at radius 1 is 1.02 bits per heavy atom. The van der Waals surface area contributed by atoms with E-state index in [1.165, 1.54) is 19.1 Å². The predicted octanol–water partition coefficient (Wildman–Crippen LogP) is 4.97. The first-order valence-corrected chi connectivity index (χ1v) is 13.1. The van der Waals surface area contributed by atoms with Crippen LogP contribution in [0.15, 0.2) is 53.1 Å². The van der Waals surface area contributed by atoms with E-state index in [4.69, 9.17) is 14.0 Å². The van der Waals surface area contributed by atoms with E-state index in [9.17, 15) is 14.4 Å². The molecule has 2 aromatic carbocycles. The molecule has 0 bridgehead atoms. The SMILES string of the molecule is CCc1ccc(N(C(=O)CCC(=O)Nc2cc(C)on2)C(C(=O)NC(C)(C)C)c2cccc(OC)c2OC)cc1. The molecule has 40 heavy (non-hydrogen) atoms. The Morgan fingerprint density at radius 3 is 2.27 bits per heavy atom. The van der Waals surface area contributed by atoms with Crippen LogP contribution >= 0.6 is 0 Å². The summed E-state index contributed by atoms with van der Waals surface area (Å²) in [5.74, 6) is 0.339. The highest BCUT2D eigenvalue weighted by molar-refractivity contribution is 6.03. The van der Waals surface area contributed by atoms with Crippen LogP contribution in [0.3, 0.4) is 0 Å². The van der Waals surface area contributed by atoms with Gasteiger partial charge in [0.25, 0.3) is 0 Å². The molecule has 2 N–H and O–H groups in total. The number of aromatic nitrogens is 1. The van der Waals surface area contributed by atoms with Gasteiger partial charge in [0.2, 0.25) is 17.7 Å². The highest BCUT2D eigenvalue weighted by Crippen LogP contribution is 2.39. The van der Waals surface area contributed by atoms with Gasteiger partial charge in [0, 0.05) is 35.7 Å². The maximum absolute atomic E-state index is 14.0. The Balaban J connectivity index is 2.06. The van der Waals surface area contributed by atoms with E-state index < -0.39 is 29.3 Å². The summed E-state index contributed by atoms with van der Waals surface area (Å²) in [5, 5.41) is 9.40. The fourth-order valence-corrected chi connectivity index (χ4v) is 4.26. The van der Waals surface area contributed by atoms with Crippen molar-refractivity contribution >= 4 is 29.2 Å². The summed E-state index contributed by atoms with van der Waals surface area (Å²) in [6.07, 6.45) is 0.522. The smallest absolute Gasteiger partial charge is 0.248 e. The molecule has 0 saturated carbocycles. The molecule has 1 atom stereocenters. The minimum Gasteiger partial charge on any atom is -0.493 e. The number of carbonyl (C=O) groups is 3. The summed E-state index contributed by atoms with van der Waals surface area (Å²) in [5.41, 5.74) is 1.44. The number of amides is 3. The lowest BCUT2D eigenvalue weighted by Gasteiger charge is -2.34. The molecule has 10 heteroatoms. The molecule has 1 heterocycles. The predicted molar refractivity (Wildman–Crippen MR) is 153 cm³/mol. The summed E-state index contributed by atoms with van der Waals surface area (Å²) in [6.45, 7) is 9.34. The molecular formula is C30H38N4O6. The van der Waals surface area contributed by atoms with E-state index in [0.717, 1.165) is 12.0 Å². The standard InChI is InChI=1S/C30H38N4O6/c1-8-20-12-14-21(15-13-20)34(26(36)17-16-25(35)31-24-18-19(2)40-33-24)27(29(37)32-30(3,4)5)22-10-9-11-23(38-6)28(22)39-7/h9-15,18,27H,8,16-17H2,1-7H3,(H,32,37)(H,31,33,35). The fourth-order valence-electron chi connectivity index (χ4n) is 4.26. The lowest BCUT2D eigenvalue weighted by atomic mass is 9.98. The number of nitrogens with one attached hydrogen (secondary N) is 2. The number of hydrogen-bond donors (Lipinski definition) is 2. The number of benzene rings is 2. The van der Waals surface area contributed by atoms with E-state index in [1.807, 2.05) is 39.8 Å². The van der Waals surface area contributed by atoms with E-state index in [0.29, 0.717) is 28.5 Å².